The van der Waals surface area contributed by atoms with Gasteiger partial charge in [-0.05, 0) is 23.8 Å². The number of ether oxygens (including phenoxy) is 2. The Morgan fingerprint density at radius 1 is 1.41 bits per heavy atom. The highest BCUT2D eigenvalue weighted by Gasteiger charge is 2.22. The second-order valence-electron chi connectivity index (χ2n) is 6.47. The summed E-state index contributed by atoms with van der Waals surface area (Å²) in [6.07, 6.45) is -0.216. The Bertz CT molecular complexity index is 1070. The fourth-order valence-electron chi connectivity index (χ4n) is 3.00. The number of aromatic nitrogens is 3. The largest absolute Gasteiger partial charge is 0.481 e. The average Bonchev–Trinajstić information content (AvgIpc) is 3.05. The summed E-state index contributed by atoms with van der Waals surface area (Å²) in [6, 6.07) is 4.68. The highest BCUT2D eigenvalue weighted by Crippen LogP contribution is 2.27. The number of alkyl halides is 2. The van der Waals surface area contributed by atoms with Crippen molar-refractivity contribution in [3.63, 3.8) is 0 Å². The molecule has 1 aliphatic rings. The number of anilines is 1. The SMILES string of the molecule is COc1nc(NS(=O)c2cnc3cc(C4COC4)ccn23)c(F)cc1CC(F)F. The average molecular weight is 426 g/mol. The van der Waals surface area contributed by atoms with Gasteiger partial charge in [0.25, 0.3) is 0 Å². The van der Waals surface area contributed by atoms with Gasteiger partial charge in [0.2, 0.25) is 12.3 Å². The zero-order valence-corrected chi connectivity index (χ0v) is 16.1. The van der Waals surface area contributed by atoms with Gasteiger partial charge in [-0.1, -0.05) is 0 Å². The van der Waals surface area contributed by atoms with E-state index in [1.807, 2.05) is 12.1 Å². The number of pyridine rings is 2. The van der Waals surface area contributed by atoms with Crippen LogP contribution in [0.25, 0.3) is 5.65 Å². The van der Waals surface area contributed by atoms with Gasteiger partial charge in [-0.2, -0.15) is 4.98 Å². The summed E-state index contributed by atoms with van der Waals surface area (Å²) in [6.45, 7) is 1.32. The number of rotatable bonds is 7. The van der Waals surface area contributed by atoms with Crippen LogP contribution in [0.15, 0.2) is 35.6 Å². The van der Waals surface area contributed by atoms with E-state index in [9.17, 15) is 17.4 Å². The van der Waals surface area contributed by atoms with E-state index in [-0.39, 0.29) is 22.3 Å². The fraction of sp³-hybridized carbons (Fsp3) is 0.333. The number of fused-ring (bicyclic) bond motifs is 1. The van der Waals surface area contributed by atoms with Crippen LogP contribution < -0.4 is 9.46 Å². The number of nitrogens with one attached hydrogen (secondary N) is 1. The molecule has 4 rings (SSSR count). The molecule has 11 heteroatoms. The van der Waals surface area contributed by atoms with Crippen LogP contribution in [-0.2, 0) is 22.1 Å². The van der Waals surface area contributed by atoms with Crippen molar-refractivity contribution >= 4 is 22.5 Å². The van der Waals surface area contributed by atoms with Crippen molar-refractivity contribution in [1.82, 2.24) is 14.4 Å². The van der Waals surface area contributed by atoms with Crippen molar-refractivity contribution in [2.45, 2.75) is 23.8 Å². The molecule has 0 spiro atoms. The molecule has 1 aliphatic heterocycles. The molecular formula is C18H17F3N4O3S. The lowest BCUT2D eigenvalue weighted by atomic mass is 9.99. The molecular weight excluding hydrogens is 409 g/mol. The van der Waals surface area contributed by atoms with E-state index in [2.05, 4.69) is 14.7 Å². The number of hydrogen-bond donors (Lipinski definition) is 1. The Kier molecular flexibility index (Phi) is 5.41. The van der Waals surface area contributed by atoms with Crippen LogP contribution in [0, 0.1) is 5.82 Å². The van der Waals surface area contributed by atoms with Crippen LogP contribution in [0.2, 0.25) is 0 Å². The summed E-state index contributed by atoms with van der Waals surface area (Å²) in [5.74, 6) is -1.11. The zero-order valence-electron chi connectivity index (χ0n) is 15.3. The molecule has 0 amide bonds. The van der Waals surface area contributed by atoms with Crippen LogP contribution >= 0.6 is 0 Å². The molecule has 0 radical (unpaired) electrons. The van der Waals surface area contributed by atoms with E-state index in [0.29, 0.717) is 24.8 Å². The van der Waals surface area contributed by atoms with Crippen molar-refractivity contribution in [3.05, 3.63) is 47.5 Å². The molecule has 3 aromatic rings. The van der Waals surface area contributed by atoms with Crippen molar-refractivity contribution in [3.8, 4) is 5.88 Å². The van der Waals surface area contributed by atoms with Gasteiger partial charge in [0, 0.05) is 24.1 Å². The first kappa shape index (κ1) is 19.6. The highest BCUT2D eigenvalue weighted by atomic mass is 32.2. The molecule has 0 saturated carbocycles. The van der Waals surface area contributed by atoms with Crippen molar-refractivity contribution in [2.24, 2.45) is 0 Å². The summed E-state index contributed by atoms with van der Waals surface area (Å²) in [5.41, 5.74) is 1.60. The van der Waals surface area contributed by atoms with E-state index in [1.54, 1.807) is 10.6 Å². The first-order chi connectivity index (χ1) is 14.0. The smallest absolute Gasteiger partial charge is 0.242 e. The third kappa shape index (κ3) is 3.92. The van der Waals surface area contributed by atoms with E-state index in [1.165, 1.54) is 13.3 Å². The normalized spacial score (nSPS) is 15.5. The van der Waals surface area contributed by atoms with Crippen molar-refractivity contribution in [2.75, 3.05) is 25.0 Å². The van der Waals surface area contributed by atoms with Crippen LogP contribution in [0.4, 0.5) is 19.0 Å². The Balaban J connectivity index is 1.59. The predicted molar refractivity (Wildman–Crippen MR) is 99.2 cm³/mol. The lowest BCUT2D eigenvalue weighted by Crippen LogP contribution is -2.25. The Labute approximate surface area is 166 Å². The number of imidazole rings is 1. The summed E-state index contributed by atoms with van der Waals surface area (Å²) in [7, 11) is -0.660. The molecule has 0 bridgehead atoms. The lowest BCUT2D eigenvalue weighted by Gasteiger charge is -2.26. The summed E-state index contributed by atoms with van der Waals surface area (Å²) in [5, 5.41) is 0.285. The van der Waals surface area contributed by atoms with Crippen LogP contribution in [-0.4, -0.2) is 45.3 Å². The Morgan fingerprint density at radius 3 is 2.86 bits per heavy atom. The first-order valence-corrected chi connectivity index (χ1v) is 9.86. The second kappa shape index (κ2) is 7.99. The van der Waals surface area contributed by atoms with E-state index in [4.69, 9.17) is 9.47 Å². The van der Waals surface area contributed by atoms with Gasteiger partial charge in [0.05, 0.1) is 26.5 Å². The van der Waals surface area contributed by atoms with Crippen LogP contribution in [0.3, 0.4) is 0 Å². The third-order valence-electron chi connectivity index (χ3n) is 4.57. The number of halogens is 3. The van der Waals surface area contributed by atoms with Gasteiger partial charge < -0.3 is 9.47 Å². The molecule has 3 aromatic heterocycles. The summed E-state index contributed by atoms with van der Waals surface area (Å²) < 4.78 is 66.6. The summed E-state index contributed by atoms with van der Waals surface area (Å²) in [4.78, 5) is 8.10. The number of hydrogen-bond acceptors (Lipinski definition) is 5. The number of methoxy groups -OCH3 is 1. The zero-order chi connectivity index (χ0) is 20.5. The van der Waals surface area contributed by atoms with Gasteiger partial charge in [-0.25, -0.2) is 22.4 Å². The maximum atomic E-state index is 14.3. The van der Waals surface area contributed by atoms with Gasteiger partial charge in [-0.3, -0.25) is 9.12 Å². The fourth-order valence-corrected chi connectivity index (χ4v) is 3.91. The van der Waals surface area contributed by atoms with Crippen LogP contribution in [0.1, 0.15) is 17.0 Å². The topological polar surface area (TPSA) is 77.8 Å². The number of nitrogens with zero attached hydrogens (tertiary/aromatic N) is 3. The molecule has 1 fully saturated rings. The molecule has 1 N–H and O–H groups in total. The predicted octanol–water partition coefficient (Wildman–Crippen LogP) is 2.93. The molecule has 4 heterocycles. The quantitative estimate of drug-likeness (QED) is 0.629. The standard InChI is InChI=1S/C18H17F3N4O3S/c1-27-18-11(5-14(20)21)4-13(19)17(23-18)24-29(26)16-7-22-15-6-10(2-3-25(15)16)12-8-28-9-12/h2-4,6-7,12,14H,5,8-9H2,1H3,(H,23,24). The molecule has 1 unspecified atom stereocenters. The van der Waals surface area contributed by atoms with E-state index in [0.717, 1.165) is 11.6 Å². The first-order valence-electron chi connectivity index (χ1n) is 8.71. The van der Waals surface area contributed by atoms with E-state index < -0.39 is 29.6 Å². The van der Waals surface area contributed by atoms with Gasteiger partial charge in [0.15, 0.2) is 27.6 Å². The minimum absolute atomic E-state index is 0.0707. The molecule has 29 heavy (non-hydrogen) atoms. The van der Waals surface area contributed by atoms with Crippen molar-refractivity contribution in [1.29, 1.82) is 0 Å². The second-order valence-corrected chi connectivity index (χ2v) is 7.63. The molecule has 1 atom stereocenters. The van der Waals surface area contributed by atoms with Gasteiger partial charge in [-0.15, -0.1) is 0 Å². The van der Waals surface area contributed by atoms with Crippen molar-refractivity contribution < 1.29 is 26.9 Å². The highest BCUT2D eigenvalue weighted by molar-refractivity contribution is 7.86. The minimum atomic E-state index is -2.67. The van der Waals surface area contributed by atoms with Gasteiger partial charge in [0.1, 0.15) is 5.65 Å². The molecule has 0 aliphatic carbocycles. The van der Waals surface area contributed by atoms with E-state index >= 15 is 0 Å². The molecule has 0 aromatic carbocycles. The maximum Gasteiger partial charge on any atom is 0.242 e. The maximum absolute atomic E-state index is 14.3. The minimum Gasteiger partial charge on any atom is -0.481 e. The Hall–Kier alpha value is -2.66. The molecule has 154 valence electrons. The Morgan fingerprint density at radius 2 is 2.21 bits per heavy atom. The molecule has 1 saturated heterocycles. The lowest BCUT2D eigenvalue weighted by molar-refractivity contribution is 0.00843. The molecule has 7 nitrogen and oxygen atoms in total. The third-order valence-corrected chi connectivity index (χ3v) is 5.64. The monoisotopic (exact) mass is 426 g/mol. The van der Waals surface area contributed by atoms with Crippen LogP contribution in [0.5, 0.6) is 5.88 Å². The van der Waals surface area contributed by atoms with Gasteiger partial charge >= 0.3 is 0 Å². The summed E-state index contributed by atoms with van der Waals surface area (Å²) >= 11 is 0.